The van der Waals surface area contributed by atoms with Crippen LogP contribution < -0.4 is 9.64 Å². The molecule has 1 N–H and O–H groups in total. The predicted octanol–water partition coefficient (Wildman–Crippen LogP) is 1.21. The highest BCUT2D eigenvalue weighted by Gasteiger charge is 2.40. The van der Waals surface area contributed by atoms with Crippen LogP contribution in [0.5, 0.6) is 5.75 Å². The maximum absolute atomic E-state index is 12.7. The Morgan fingerprint density at radius 1 is 1.08 bits per heavy atom. The van der Waals surface area contributed by atoms with Crippen molar-refractivity contribution in [1.82, 2.24) is 4.90 Å². The number of nitrogens with zero attached hydrogens (tertiary/aromatic N) is 1. The summed E-state index contributed by atoms with van der Waals surface area (Å²) in [5, 5.41) is 0. The molecule has 1 fully saturated rings. The highest BCUT2D eigenvalue weighted by atomic mass is 16.5. The third-order valence-corrected chi connectivity index (χ3v) is 4.54. The molecular weight excluding hydrogens is 316 g/mol. The van der Waals surface area contributed by atoms with E-state index in [1.54, 1.807) is 7.11 Å². The van der Waals surface area contributed by atoms with Crippen molar-refractivity contribution >= 4 is 11.8 Å². The number of likely N-dealkylation sites (tertiary alicyclic amines) is 1. The van der Waals surface area contributed by atoms with E-state index >= 15 is 0 Å². The maximum atomic E-state index is 12.7. The summed E-state index contributed by atoms with van der Waals surface area (Å²) in [6.07, 6.45) is 0.263. The molecule has 0 aliphatic carbocycles. The van der Waals surface area contributed by atoms with E-state index in [-0.39, 0.29) is 24.2 Å². The zero-order valence-corrected chi connectivity index (χ0v) is 14.6. The van der Waals surface area contributed by atoms with Gasteiger partial charge in [-0.3, -0.25) is 9.59 Å². The Bertz CT molecular complexity index is 743. The first-order valence-corrected chi connectivity index (χ1v) is 8.42. The van der Waals surface area contributed by atoms with Gasteiger partial charge in [-0.05, 0) is 29.8 Å². The zero-order valence-electron chi connectivity index (χ0n) is 14.6. The fourth-order valence-electron chi connectivity index (χ4n) is 3.21. The number of methoxy groups -OCH3 is 1. The van der Waals surface area contributed by atoms with Gasteiger partial charge in [-0.15, -0.1) is 0 Å². The normalized spacial score (nSPS) is 18.5. The highest BCUT2D eigenvalue weighted by molar-refractivity contribution is 6.06. The molecule has 2 atom stereocenters. The average Bonchev–Trinajstić information content (AvgIpc) is 2.91. The van der Waals surface area contributed by atoms with E-state index in [4.69, 9.17) is 4.74 Å². The monoisotopic (exact) mass is 339 g/mol. The van der Waals surface area contributed by atoms with Gasteiger partial charge in [0, 0.05) is 12.0 Å². The summed E-state index contributed by atoms with van der Waals surface area (Å²) in [5.74, 6) is 0.290. The first-order valence-electron chi connectivity index (χ1n) is 8.42. The van der Waals surface area contributed by atoms with E-state index in [9.17, 15) is 9.59 Å². The lowest BCUT2D eigenvalue weighted by molar-refractivity contribution is -0.901. The van der Waals surface area contributed by atoms with Gasteiger partial charge in [-0.25, -0.2) is 4.90 Å². The number of quaternary nitrogens is 1. The number of ether oxygens (including phenoxy) is 1. The molecule has 130 valence electrons. The van der Waals surface area contributed by atoms with Gasteiger partial charge < -0.3 is 9.64 Å². The average molecular weight is 339 g/mol. The van der Waals surface area contributed by atoms with Gasteiger partial charge in [0.05, 0.1) is 20.1 Å². The molecule has 0 aromatic heterocycles. The molecule has 25 heavy (non-hydrogen) atoms. The Balaban J connectivity index is 1.63. The fraction of sp³-hybridized carbons (Fsp3) is 0.300. The smallest absolute Gasteiger partial charge is 0.241 e. The number of amides is 2. The summed E-state index contributed by atoms with van der Waals surface area (Å²) >= 11 is 0. The predicted molar refractivity (Wildman–Crippen MR) is 94.1 cm³/mol. The second-order valence-corrected chi connectivity index (χ2v) is 6.47. The molecule has 1 aliphatic rings. The lowest BCUT2D eigenvalue weighted by Gasteiger charge is -2.20. The minimum Gasteiger partial charge on any atom is -0.497 e. The number of hydrogen-bond donors (Lipinski definition) is 1. The molecule has 0 saturated carbocycles. The van der Waals surface area contributed by atoms with E-state index in [0.717, 1.165) is 28.3 Å². The number of carbonyl (C=O) groups excluding carboxylic acids is 2. The van der Waals surface area contributed by atoms with E-state index < -0.39 is 0 Å². The summed E-state index contributed by atoms with van der Waals surface area (Å²) in [4.78, 5) is 27.5. The molecule has 0 spiro atoms. The summed E-state index contributed by atoms with van der Waals surface area (Å²) in [6, 6.07) is 17.4. The molecule has 1 heterocycles. The van der Waals surface area contributed by atoms with Crippen molar-refractivity contribution in [3.05, 3.63) is 65.7 Å². The van der Waals surface area contributed by atoms with Crippen LogP contribution in [-0.2, 0) is 16.1 Å². The number of rotatable bonds is 6. The van der Waals surface area contributed by atoms with Gasteiger partial charge in [0.15, 0.2) is 6.67 Å². The van der Waals surface area contributed by atoms with Crippen LogP contribution in [0.15, 0.2) is 54.6 Å². The zero-order chi connectivity index (χ0) is 17.8. The standard InChI is InChI=1S/C20H22N2O3/c1-21(13-15-8-10-17(25-2)11-9-15)14-22-19(23)12-18(20(22)24)16-6-4-3-5-7-16/h3-11,18H,12-14H2,1-2H3/p+1/t18-/m1/s1. The van der Waals surface area contributed by atoms with Crippen LogP contribution >= 0.6 is 0 Å². The van der Waals surface area contributed by atoms with Crippen LogP contribution in [-0.4, -0.2) is 37.5 Å². The summed E-state index contributed by atoms with van der Waals surface area (Å²) in [7, 11) is 3.63. The first-order chi connectivity index (χ1) is 12.1. The van der Waals surface area contributed by atoms with Crippen LogP contribution in [0.25, 0.3) is 0 Å². The van der Waals surface area contributed by atoms with Crippen LogP contribution in [0.4, 0.5) is 0 Å². The third kappa shape index (κ3) is 3.88. The van der Waals surface area contributed by atoms with Gasteiger partial charge in [0.1, 0.15) is 12.3 Å². The van der Waals surface area contributed by atoms with Crippen LogP contribution in [0, 0.1) is 0 Å². The van der Waals surface area contributed by atoms with E-state index in [2.05, 4.69) is 0 Å². The highest BCUT2D eigenvalue weighted by Crippen LogP contribution is 2.28. The Morgan fingerprint density at radius 3 is 2.40 bits per heavy atom. The molecule has 0 bridgehead atoms. The molecule has 2 aromatic carbocycles. The van der Waals surface area contributed by atoms with Crippen molar-refractivity contribution in [2.24, 2.45) is 0 Å². The van der Waals surface area contributed by atoms with Gasteiger partial charge >= 0.3 is 0 Å². The summed E-state index contributed by atoms with van der Waals surface area (Å²) in [5.41, 5.74) is 2.05. The number of benzene rings is 2. The third-order valence-electron chi connectivity index (χ3n) is 4.54. The van der Waals surface area contributed by atoms with Gasteiger partial charge in [-0.2, -0.15) is 0 Å². The minimum atomic E-state index is -0.345. The van der Waals surface area contributed by atoms with E-state index in [0.29, 0.717) is 6.67 Å². The molecule has 2 amide bonds. The number of carbonyl (C=O) groups is 2. The quantitative estimate of drug-likeness (QED) is 0.805. The van der Waals surface area contributed by atoms with E-state index in [1.165, 1.54) is 4.90 Å². The second kappa shape index (κ2) is 7.49. The first kappa shape index (κ1) is 17.2. The molecule has 1 saturated heterocycles. The molecule has 2 aromatic rings. The SMILES string of the molecule is COc1ccc(C[NH+](C)CN2C(=O)C[C@H](c3ccccc3)C2=O)cc1. The van der Waals surface area contributed by atoms with Crippen molar-refractivity contribution in [2.45, 2.75) is 18.9 Å². The summed E-state index contributed by atoms with van der Waals surface area (Å²) in [6.45, 7) is 1.12. The van der Waals surface area contributed by atoms with Gasteiger partial charge in [0.2, 0.25) is 11.8 Å². The number of nitrogens with one attached hydrogen (secondary N) is 1. The lowest BCUT2D eigenvalue weighted by atomic mass is 9.98. The van der Waals surface area contributed by atoms with Gasteiger partial charge in [0.25, 0.3) is 0 Å². The van der Waals surface area contributed by atoms with Gasteiger partial charge in [-0.1, -0.05) is 30.3 Å². The van der Waals surface area contributed by atoms with Crippen molar-refractivity contribution in [3.63, 3.8) is 0 Å². The second-order valence-electron chi connectivity index (χ2n) is 6.47. The Morgan fingerprint density at radius 2 is 1.76 bits per heavy atom. The fourth-order valence-corrected chi connectivity index (χ4v) is 3.21. The molecular formula is C20H23N2O3+. The minimum absolute atomic E-state index is 0.0899. The molecule has 1 aliphatic heterocycles. The molecule has 0 radical (unpaired) electrons. The topological polar surface area (TPSA) is 51.1 Å². The number of imide groups is 1. The summed E-state index contributed by atoms with van der Waals surface area (Å²) < 4.78 is 5.16. The van der Waals surface area contributed by atoms with Crippen molar-refractivity contribution in [3.8, 4) is 5.75 Å². The molecule has 1 unspecified atom stereocenters. The van der Waals surface area contributed by atoms with Crippen LogP contribution in [0.1, 0.15) is 23.5 Å². The Kier molecular flexibility index (Phi) is 5.14. The maximum Gasteiger partial charge on any atom is 0.241 e. The number of hydrogen-bond acceptors (Lipinski definition) is 3. The van der Waals surface area contributed by atoms with Crippen LogP contribution in [0.2, 0.25) is 0 Å². The van der Waals surface area contributed by atoms with E-state index in [1.807, 2.05) is 61.6 Å². The largest absolute Gasteiger partial charge is 0.497 e. The van der Waals surface area contributed by atoms with Crippen molar-refractivity contribution in [1.29, 1.82) is 0 Å². The Hall–Kier alpha value is -2.66. The molecule has 3 rings (SSSR count). The molecule has 5 heteroatoms. The van der Waals surface area contributed by atoms with Crippen LogP contribution in [0.3, 0.4) is 0 Å². The Labute approximate surface area is 147 Å². The van der Waals surface area contributed by atoms with Crippen molar-refractivity contribution in [2.75, 3.05) is 20.8 Å². The molecule has 5 nitrogen and oxygen atoms in total. The lowest BCUT2D eigenvalue weighted by Crippen LogP contribution is -3.09. The van der Waals surface area contributed by atoms with Crippen molar-refractivity contribution < 1.29 is 19.2 Å².